The highest BCUT2D eigenvalue weighted by Gasteiger charge is 2.55. The van der Waals surface area contributed by atoms with Crippen molar-refractivity contribution in [3.63, 3.8) is 0 Å². The molecule has 0 saturated heterocycles. The first-order valence-electron chi connectivity index (χ1n) is 8.45. The fourth-order valence-electron chi connectivity index (χ4n) is 3.51. The van der Waals surface area contributed by atoms with E-state index in [9.17, 15) is 28.7 Å². The van der Waals surface area contributed by atoms with Crippen molar-refractivity contribution >= 4 is 47.1 Å². The third-order valence-electron chi connectivity index (χ3n) is 4.59. The zero-order chi connectivity index (χ0) is 21.0. The molecule has 0 aromatic heterocycles. The number of rotatable bonds is 9. The summed E-state index contributed by atoms with van der Waals surface area (Å²) in [6.07, 6.45) is -0.0672. The molecule has 10 heteroatoms. The highest BCUT2D eigenvalue weighted by atomic mass is 79.9. The first-order chi connectivity index (χ1) is 13.1. The Morgan fingerprint density at radius 3 is 1.46 bits per heavy atom. The van der Waals surface area contributed by atoms with Crippen molar-refractivity contribution in [2.75, 3.05) is 16.8 Å². The van der Waals surface area contributed by atoms with E-state index in [1.165, 1.54) is 0 Å². The van der Waals surface area contributed by atoms with Crippen molar-refractivity contribution in [1.82, 2.24) is 0 Å². The molecule has 0 saturated carbocycles. The Morgan fingerprint density at radius 1 is 0.750 bits per heavy atom. The summed E-state index contributed by atoms with van der Waals surface area (Å²) in [5.74, 6) is 0. The van der Waals surface area contributed by atoms with E-state index in [-0.39, 0.29) is 11.1 Å². The van der Waals surface area contributed by atoms with Crippen LogP contribution in [0.5, 0.6) is 0 Å². The molecule has 0 unspecified atom stereocenters. The van der Waals surface area contributed by atoms with Crippen LogP contribution in [0.1, 0.15) is 22.3 Å². The van der Waals surface area contributed by atoms with Crippen molar-refractivity contribution in [3.8, 4) is 0 Å². The third-order valence-corrected chi connectivity index (χ3v) is 8.15. The van der Waals surface area contributed by atoms with Gasteiger partial charge in [0.15, 0.2) is 0 Å². The fourth-order valence-corrected chi connectivity index (χ4v) is 7.65. The Bertz CT molecular complexity index is 859. The number of hydrogen-bond donors (Lipinski definition) is 4. The molecule has 2 aromatic rings. The molecule has 0 aliphatic rings. The van der Waals surface area contributed by atoms with E-state index in [1.807, 2.05) is 0 Å². The van der Waals surface area contributed by atoms with E-state index in [1.54, 1.807) is 48.5 Å². The first-order valence-corrected chi connectivity index (χ1v) is 14.1. The van der Waals surface area contributed by atoms with Gasteiger partial charge in [-0.1, -0.05) is 80.4 Å². The molecule has 0 radical (unpaired) electrons. The van der Waals surface area contributed by atoms with E-state index in [0.717, 1.165) is 0 Å². The average Bonchev–Trinajstić information content (AvgIpc) is 2.60. The smallest absolute Gasteiger partial charge is 0.324 e. The van der Waals surface area contributed by atoms with Crippen LogP contribution in [0.2, 0.25) is 0 Å². The third kappa shape index (κ3) is 5.24. The summed E-state index contributed by atoms with van der Waals surface area (Å²) in [7, 11) is -9.88. The van der Waals surface area contributed by atoms with Crippen LogP contribution in [0.25, 0.3) is 0 Å². The standard InChI is InChI=1S/C18H22Br2O6P2/c19-11-9-14-5-1-3-7-16(14)18(28(24,25)26,13-27(21,22)23)17-8-4-2-6-15(17)10-12-20/h1-8H,9-13H2,(H2,21,22,23)(H2,24,25,26). The summed E-state index contributed by atoms with van der Waals surface area (Å²) in [6, 6.07) is 13.3. The Kier molecular flexibility index (Phi) is 8.28. The monoisotopic (exact) mass is 554 g/mol. The van der Waals surface area contributed by atoms with Crippen molar-refractivity contribution in [3.05, 3.63) is 70.8 Å². The number of halogens is 2. The quantitative estimate of drug-likeness (QED) is 0.273. The zero-order valence-corrected chi connectivity index (χ0v) is 19.9. The van der Waals surface area contributed by atoms with Gasteiger partial charge in [0.05, 0.1) is 6.16 Å². The van der Waals surface area contributed by atoms with Crippen molar-refractivity contribution in [1.29, 1.82) is 0 Å². The van der Waals surface area contributed by atoms with Crippen LogP contribution >= 0.6 is 47.1 Å². The largest absolute Gasteiger partial charge is 0.341 e. The molecule has 0 fully saturated rings. The van der Waals surface area contributed by atoms with Crippen LogP contribution in [0.15, 0.2) is 48.5 Å². The summed E-state index contributed by atoms with van der Waals surface area (Å²) >= 11 is 6.68. The minimum atomic E-state index is -5.07. The van der Waals surface area contributed by atoms with Crippen LogP contribution in [-0.2, 0) is 27.1 Å². The summed E-state index contributed by atoms with van der Waals surface area (Å²) in [5.41, 5.74) is 1.75. The van der Waals surface area contributed by atoms with Gasteiger partial charge in [0.25, 0.3) is 0 Å². The maximum atomic E-state index is 13.0. The molecule has 6 nitrogen and oxygen atoms in total. The van der Waals surface area contributed by atoms with E-state index in [4.69, 9.17) is 0 Å². The second-order valence-electron chi connectivity index (χ2n) is 6.42. The van der Waals surface area contributed by atoms with Crippen LogP contribution in [0, 0.1) is 0 Å². The molecule has 2 rings (SSSR count). The fraction of sp³-hybridized carbons (Fsp3) is 0.333. The van der Waals surface area contributed by atoms with Crippen LogP contribution < -0.4 is 0 Å². The maximum Gasteiger partial charge on any atom is 0.341 e. The van der Waals surface area contributed by atoms with Gasteiger partial charge in [0, 0.05) is 10.7 Å². The molecule has 2 aromatic carbocycles. The molecular weight excluding hydrogens is 534 g/mol. The van der Waals surface area contributed by atoms with Gasteiger partial charge in [-0.2, -0.15) is 0 Å². The second-order valence-corrected chi connectivity index (χ2v) is 11.5. The molecule has 0 heterocycles. The lowest BCUT2D eigenvalue weighted by molar-refractivity contribution is 0.328. The van der Waals surface area contributed by atoms with Gasteiger partial charge >= 0.3 is 15.2 Å². The highest BCUT2D eigenvalue weighted by Crippen LogP contribution is 2.66. The van der Waals surface area contributed by atoms with Gasteiger partial charge < -0.3 is 19.6 Å². The van der Waals surface area contributed by atoms with E-state index >= 15 is 0 Å². The number of alkyl halides is 2. The van der Waals surface area contributed by atoms with Gasteiger partial charge in [-0.3, -0.25) is 9.13 Å². The van der Waals surface area contributed by atoms with Gasteiger partial charge in [-0.25, -0.2) is 0 Å². The molecule has 28 heavy (non-hydrogen) atoms. The van der Waals surface area contributed by atoms with Crippen molar-refractivity contribution in [2.24, 2.45) is 0 Å². The van der Waals surface area contributed by atoms with Gasteiger partial charge in [0.1, 0.15) is 5.16 Å². The minimum Gasteiger partial charge on any atom is -0.324 e. The second kappa shape index (κ2) is 9.67. The maximum absolute atomic E-state index is 13.0. The predicted octanol–water partition coefficient (Wildman–Crippen LogP) is 4.16. The molecule has 0 bridgehead atoms. The molecule has 0 atom stereocenters. The Labute approximate surface area is 181 Å². The lowest BCUT2D eigenvalue weighted by Gasteiger charge is -2.38. The van der Waals surface area contributed by atoms with E-state index in [0.29, 0.717) is 34.6 Å². The molecule has 0 amide bonds. The lowest BCUT2D eigenvalue weighted by Crippen LogP contribution is -2.34. The van der Waals surface area contributed by atoms with Gasteiger partial charge in [-0.05, 0) is 35.1 Å². The number of benzene rings is 2. The minimum absolute atomic E-state index is 0.244. The Morgan fingerprint density at radius 2 is 1.14 bits per heavy atom. The van der Waals surface area contributed by atoms with Crippen LogP contribution in [0.3, 0.4) is 0 Å². The van der Waals surface area contributed by atoms with Crippen molar-refractivity contribution < 1.29 is 28.7 Å². The number of hydrogen-bond acceptors (Lipinski definition) is 2. The topological polar surface area (TPSA) is 115 Å². The zero-order valence-electron chi connectivity index (χ0n) is 14.9. The van der Waals surface area contributed by atoms with Gasteiger partial charge in [-0.15, -0.1) is 0 Å². The highest BCUT2D eigenvalue weighted by molar-refractivity contribution is 9.09. The van der Waals surface area contributed by atoms with E-state index in [2.05, 4.69) is 31.9 Å². The molecule has 4 N–H and O–H groups in total. The molecule has 0 aliphatic carbocycles. The first kappa shape index (κ1) is 24.0. The summed E-state index contributed by atoms with van der Waals surface area (Å²) < 4.78 is 25.1. The molecule has 0 spiro atoms. The lowest BCUT2D eigenvalue weighted by atomic mass is 9.84. The molecular formula is C18H22Br2O6P2. The van der Waals surface area contributed by atoms with Crippen LogP contribution in [0.4, 0.5) is 0 Å². The summed E-state index contributed by atoms with van der Waals surface area (Å²) in [5, 5.41) is -1.07. The predicted molar refractivity (Wildman–Crippen MR) is 118 cm³/mol. The van der Waals surface area contributed by atoms with Gasteiger partial charge in [0.2, 0.25) is 0 Å². The van der Waals surface area contributed by atoms with E-state index < -0.39 is 26.5 Å². The Hall–Kier alpha value is -0.300. The summed E-state index contributed by atoms with van der Waals surface area (Å²) in [4.78, 5) is 40.7. The summed E-state index contributed by atoms with van der Waals surface area (Å²) in [6.45, 7) is 0. The molecule has 154 valence electrons. The Balaban J connectivity index is 2.98. The average molecular weight is 556 g/mol. The van der Waals surface area contributed by atoms with Crippen LogP contribution in [-0.4, -0.2) is 36.4 Å². The van der Waals surface area contributed by atoms with Crippen molar-refractivity contribution in [2.45, 2.75) is 18.0 Å². The number of aryl methyl sites for hydroxylation is 2. The normalized spacial score (nSPS) is 12.9. The molecule has 0 aliphatic heterocycles. The SMILES string of the molecule is O=P(O)(O)CC(c1ccccc1CCBr)(c1ccccc1CCBr)P(=O)(O)O.